The summed E-state index contributed by atoms with van der Waals surface area (Å²) in [5.74, 6) is -0.379. The van der Waals surface area contributed by atoms with Crippen LogP contribution in [0.2, 0.25) is 0 Å². The molecule has 7 nitrogen and oxygen atoms in total. The highest BCUT2D eigenvalue weighted by molar-refractivity contribution is 7.89. The SMILES string of the molecule is O=C(NC[C@H]1CCCCN1)c1ccncc1S(=O)(=O)N1CCc2ccccc2C1. The summed E-state index contributed by atoms with van der Waals surface area (Å²) in [7, 11) is -3.83. The Morgan fingerprint density at radius 1 is 1.21 bits per heavy atom. The van der Waals surface area contributed by atoms with Gasteiger partial charge in [-0.1, -0.05) is 30.7 Å². The van der Waals surface area contributed by atoms with E-state index >= 15 is 0 Å². The molecule has 0 bridgehead atoms. The highest BCUT2D eigenvalue weighted by Gasteiger charge is 2.32. The minimum Gasteiger partial charge on any atom is -0.350 e. The first-order valence-corrected chi connectivity index (χ1v) is 11.5. The van der Waals surface area contributed by atoms with Gasteiger partial charge >= 0.3 is 0 Å². The van der Waals surface area contributed by atoms with Crippen molar-refractivity contribution >= 4 is 15.9 Å². The van der Waals surface area contributed by atoms with Crippen LogP contribution < -0.4 is 10.6 Å². The molecule has 0 saturated carbocycles. The predicted octanol–water partition coefficient (Wildman–Crippen LogP) is 1.70. The molecule has 1 amide bonds. The van der Waals surface area contributed by atoms with Crippen LogP contribution in [0.5, 0.6) is 0 Å². The molecule has 2 aliphatic rings. The third-order valence-electron chi connectivity index (χ3n) is 5.66. The molecule has 1 aromatic carbocycles. The first-order valence-electron chi connectivity index (χ1n) is 10.1. The van der Waals surface area contributed by atoms with Crippen molar-refractivity contribution < 1.29 is 13.2 Å². The maximum Gasteiger partial charge on any atom is 0.252 e. The number of sulfonamides is 1. The van der Waals surface area contributed by atoms with Gasteiger partial charge in [0, 0.05) is 38.1 Å². The van der Waals surface area contributed by atoms with Crippen LogP contribution in [0.1, 0.15) is 40.7 Å². The van der Waals surface area contributed by atoms with E-state index in [1.54, 1.807) is 0 Å². The molecule has 2 aromatic rings. The molecule has 1 saturated heterocycles. The molecule has 2 N–H and O–H groups in total. The number of pyridine rings is 1. The Morgan fingerprint density at radius 2 is 2.03 bits per heavy atom. The van der Waals surface area contributed by atoms with Gasteiger partial charge in [-0.3, -0.25) is 9.78 Å². The van der Waals surface area contributed by atoms with Gasteiger partial charge < -0.3 is 10.6 Å². The Kier molecular flexibility index (Phi) is 5.94. The van der Waals surface area contributed by atoms with Gasteiger partial charge in [-0.05, 0) is 43.0 Å². The molecule has 8 heteroatoms. The van der Waals surface area contributed by atoms with Crippen LogP contribution in [0, 0.1) is 0 Å². The summed E-state index contributed by atoms with van der Waals surface area (Å²) in [6, 6.07) is 9.57. The third-order valence-corrected chi connectivity index (χ3v) is 7.54. The minimum absolute atomic E-state index is 0.0338. The maximum absolute atomic E-state index is 13.3. The molecule has 0 aliphatic carbocycles. The van der Waals surface area contributed by atoms with Gasteiger partial charge in [-0.25, -0.2) is 8.42 Å². The Labute approximate surface area is 171 Å². The highest BCUT2D eigenvalue weighted by Crippen LogP contribution is 2.26. The largest absolute Gasteiger partial charge is 0.350 e. The van der Waals surface area contributed by atoms with Gasteiger partial charge in [0.15, 0.2) is 0 Å². The molecule has 4 rings (SSSR count). The number of nitrogens with one attached hydrogen (secondary N) is 2. The van der Waals surface area contributed by atoms with Crippen LogP contribution in [0.15, 0.2) is 47.6 Å². The number of benzene rings is 1. The summed E-state index contributed by atoms with van der Waals surface area (Å²) in [6.45, 7) is 2.13. The van der Waals surface area contributed by atoms with Gasteiger partial charge in [-0.15, -0.1) is 0 Å². The van der Waals surface area contributed by atoms with E-state index < -0.39 is 10.0 Å². The van der Waals surface area contributed by atoms with Crippen molar-refractivity contribution in [3.8, 4) is 0 Å². The molecular weight excluding hydrogens is 388 g/mol. The van der Waals surface area contributed by atoms with Crippen molar-refractivity contribution in [1.82, 2.24) is 19.9 Å². The van der Waals surface area contributed by atoms with Crippen molar-refractivity contribution in [3.63, 3.8) is 0 Å². The molecule has 2 aliphatic heterocycles. The monoisotopic (exact) mass is 414 g/mol. The quantitative estimate of drug-likeness (QED) is 0.777. The van der Waals surface area contributed by atoms with Gasteiger partial charge in [0.2, 0.25) is 10.0 Å². The smallest absolute Gasteiger partial charge is 0.252 e. The van der Waals surface area contributed by atoms with Crippen LogP contribution in [0.25, 0.3) is 0 Å². The van der Waals surface area contributed by atoms with E-state index in [1.165, 1.54) is 28.3 Å². The van der Waals surface area contributed by atoms with Crippen molar-refractivity contribution in [1.29, 1.82) is 0 Å². The Morgan fingerprint density at radius 3 is 2.83 bits per heavy atom. The zero-order chi connectivity index (χ0) is 20.3. The minimum atomic E-state index is -3.83. The average molecular weight is 415 g/mol. The molecule has 29 heavy (non-hydrogen) atoms. The van der Waals surface area contributed by atoms with E-state index in [0.29, 0.717) is 26.1 Å². The Bertz CT molecular complexity index is 987. The van der Waals surface area contributed by atoms with Crippen molar-refractivity contribution in [2.75, 3.05) is 19.6 Å². The Hall–Kier alpha value is -2.29. The number of hydrogen-bond acceptors (Lipinski definition) is 5. The fourth-order valence-electron chi connectivity index (χ4n) is 4.00. The second-order valence-corrected chi connectivity index (χ2v) is 9.49. The zero-order valence-electron chi connectivity index (χ0n) is 16.3. The molecule has 0 unspecified atom stereocenters. The zero-order valence-corrected chi connectivity index (χ0v) is 17.1. The summed E-state index contributed by atoms with van der Waals surface area (Å²) in [4.78, 5) is 16.7. The number of fused-ring (bicyclic) bond motifs is 1. The first-order chi connectivity index (χ1) is 14.1. The number of aromatic nitrogens is 1. The van der Waals surface area contributed by atoms with Crippen molar-refractivity contribution in [2.24, 2.45) is 0 Å². The number of rotatable bonds is 5. The molecule has 0 radical (unpaired) electrons. The lowest BCUT2D eigenvalue weighted by atomic mass is 10.0. The molecule has 154 valence electrons. The van der Waals surface area contributed by atoms with Crippen LogP contribution in [-0.2, 0) is 23.0 Å². The lowest BCUT2D eigenvalue weighted by molar-refractivity contribution is 0.0944. The number of carbonyl (C=O) groups excluding carboxylic acids is 1. The van der Waals surface area contributed by atoms with Crippen molar-refractivity contribution in [2.45, 2.75) is 43.2 Å². The molecular formula is C21H26N4O3S. The fraction of sp³-hybridized carbons (Fsp3) is 0.429. The molecule has 1 fully saturated rings. The number of nitrogens with zero attached hydrogens (tertiary/aromatic N) is 2. The first kappa shape index (κ1) is 20.0. The molecule has 3 heterocycles. The number of piperidine rings is 1. The van der Waals surface area contributed by atoms with E-state index in [2.05, 4.69) is 15.6 Å². The summed E-state index contributed by atoms with van der Waals surface area (Å²) in [5, 5.41) is 6.27. The summed E-state index contributed by atoms with van der Waals surface area (Å²) < 4.78 is 28.1. The van der Waals surface area contributed by atoms with Gasteiger partial charge in [0.25, 0.3) is 5.91 Å². The molecule has 0 spiro atoms. The molecule has 1 atom stereocenters. The van der Waals surface area contributed by atoms with Crippen LogP contribution in [0.3, 0.4) is 0 Å². The van der Waals surface area contributed by atoms with Gasteiger partial charge in [0.1, 0.15) is 4.90 Å². The second kappa shape index (κ2) is 8.61. The van der Waals surface area contributed by atoms with E-state index in [9.17, 15) is 13.2 Å². The van der Waals surface area contributed by atoms with E-state index in [1.807, 2.05) is 24.3 Å². The second-order valence-electron chi connectivity index (χ2n) is 7.59. The number of amides is 1. The summed E-state index contributed by atoms with van der Waals surface area (Å²) in [5.41, 5.74) is 2.32. The predicted molar refractivity (Wildman–Crippen MR) is 110 cm³/mol. The van der Waals surface area contributed by atoms with Crippen LogP contribution >= 0.6 is 0 Å². The van der Waals surface area contributed by atoms with E-state index in [0.717, 1.165) is 31.4 Å². The third kappa shape index (κ3) is 4.34. The fourth-order valence-corrected chi connectivity index (χ4v) is 5.55. The molecule has 1 aromatic heterocycles. The van der Waals surface area contributed by atoms with Gasteiger partial charge in [0.05, 0.1) is 5.56 Å². The average Bonchev–Trinajstić information content (AvgIpc) is 2.78. The maximum atomic E-state index is 13.3. The Balaban J connectivity index is 1.53. The standard InChI is InChI=1S/C21H26N4O3S/c26-21(24-13-18-7-3-4-10-23-18)19-8-11-22-14-20(19)29(27,28)25-12-9-16-5-1-2-6-17(16)15-25/h1-2,5-6,8,11,14,18,23H,3-4,7,9-10,12-13,15H2,(H,24,26)/t18-/m1/s1. The highest BCUT2D eigenvalue weighted by atomic mass is 32.2. The number of hydrogen-bond donors (Lipinski definition) is 2. The summed E-state index contributed by atoms with van der Waals surface area (Å²) >= 11 is 0. The number of carbonyl (C=O) groups is 1. The van der Waals surface area contributed by atoms with E-state index in [4.69, 9.17) is 0 Å². The lowest BCUT2D eigenvalue weighted by Crippen LogP contribution is -2.44. The summed E-state index contributed by atoms with van der Waals surface area (Å²) in [6.07, 6.45) is 6.69. The van der Waals surface area contributed by atoms with Crippen LogP contribution in [-0.4, -0.2) is 49.3 Å². The van der Waals surface area contributed by atoms with Crippen molar-refractivity contribution in [3.05, 3.63) is 59.4 Å². The topological polar surface area (TPSA) is 91.4 Å². The van der Waals surface area contributed by atoms with Gasteiger partial charge in [-0.2, -0.15) is 4.31 Å². The normalized spacial score (nSPS) is 20.1. The van der Waals surface area contributed by atoms with Crippen LogP contribution in [0.4, 0.5) is 0 Å². The van der Waals surface area contributed by atoms with E-state index in [-0.39, 0.29) is 22.4 Å². The lowest BCUT2D eigenvalue weighted by Gasteiger charge is -2.28.